The van der Waals surface area contributed by atoms with Crippen molar-refractivity contribution < 1.29 is 19.3 Å². The van der Waals surface area contributed by atoms with Crippen LogP contribution in [0.25, 0.3) is 11.3 Å². The number of hydrogen-bond acceptors (Lipinski definition) is 6. The van der Waals surface area contributed by atoms with E-state index in [0.29, 0.717) is 18.4 Å². The Kier molecular flexibility index (Phi) is 6.46. The number of pyridine rings is 1. The van der Waals surface area contributed by atoms with Crippen molar-refractivity contribution >= 4 is 8.80 Å². The topological polar surface area (TPSA) is 78.6 Å². The summed E-state index contributed by atoms with van der Waals surface area (Å²) in [5.74, 6) is 1.91. The molecule has 3 heterocycles. The van der Waals surface area contributed by atoms with Gasteiger partial charge in [0.2, 0.25) is 5.88 Å². The van der Waals surface area contributed by atoms with Crippen molar-refractivity contribution in [3.05, 3.63) is 54.4 Å². The third-order valence-corrected chi connectivity index (χ3v) is 6.40. The summed E-state index contributed by atoms with van der Waals surface area (Å²) in [4.78, 5) is 4.44. The Balaban J connectivity index is 1.39. The second kappa shape index (κ2) is 9.42. The molecule has 1 aromatic carbocycles. The fourth-order valence-corrected chi connectivity index (χ4v) is 3.95. The van der Waals surface area contributed by atoms with Gasteiger partial charge in [-0.25, -0.2) is 9.67 Å². The quantitative estimate of drug-likeness (QED) is 0.418. The third kappa shape index (κ3) is 4.89. The van der Waals surface area contributed by atoms with E-state index in [1.807, 2.05) is 41.1 Å². The summed E-state index contributed by atoms with van der Waals surface area (Å²) < 4.78 is 19.2. The Bertz CT molecular complexity index is 975. The zero-order valence-corrected chi connectivity index (χ0v) is 18.5. The molecule has 7 nitrogen and oxygen atoms in total. The van der Waals surface area contributed by atoms with Gasteiger partial charge in [-0.05, 0) is 29.8 Å². The molecule has 0 bridgehead atoms. The van der Waals surface area contributed by atoms with Gasteiger partial charge in [0.05, 0.1) is 12.3 Å². The number of aliphatic hydroxyl groups excluding tert-OH is 1. The van der Waals surface area contributed by atoms with Crippen LogP contribution in [0.2, 0.25) is 19.1 Å². The minimum atomic E-state index is -0.596. The van der Waals surface area contributed by atoms with Gasteiger partial charge in [0.25, 0.3) is 0 Å². The van der Waals surface area contributed by atoms with Gasteiger partial charge in [0.15, 0.2) is 0 Å². The second-order valence-corrected chi connectivity index (χ2v) is 11.2. The molecule has 0 fully saturated rings. The molecule has 8 heteroatoms. The van der Waals surface area contributed by atoms with E-state index in [2.05, 4.69) is 23.2 Å². The van der Waals surface area contributed by atoms with E-state index in [1.165, 1.54) is 6.04 Å². The van der Waals surface area contributed by atoms with E-state index in [4.69, 9.17) is 14.2 Å². The molecule has 0 amide bonds. The number of rotatable bonds is 9. The van der Waals surface area contributed by atoms with Crippen LogP contribution in [0.4, 0.5) is 0 Å². The standard InChI is InChI=1S/C22H27N3O4Si/c1-30(2)10-9-27-15-25-20(7-8-24-25)17-4-6-22(23-13-17)29-18-5-3-16-11-19(14-26)28-21(16)12-18/h3-8,12-13,19,26,30H,9-11,14-15H2,1-2H3. The fraction of sp³-hybridized carbons (Fsp3) is 0.364. The van der Waals surface area contributed by atoms with E-state index in [0.717, 1.165) is 35.6 Å². The van der Waals surface area contributed by atoms with Crippen molar-refractivity contribution in [2.75, 3.05) is 13.2 Å². The Morgan fingerprint density at radius 2 is 2.13 bits per heavy atom. The molecule has 0 spiro atoms. The number of benzene rings is 1. The Morgan fingerprint density at radius 3 is 2.90 bits per heavy atom. The minimum Gasteiger partial charge on any atom is -0.487 e. The number of ether oxygens (including phenoxy) is 3. The van der Waals surface area contributed by atoms with Crippen LogP contribution >= 0.6 is 0 Å². The van der Waals surface area contributed by atoms with E-state index >= 15 is 0 Å². The zero-order valence-electron chi connectivity index (χ0n) is 17.3. The van der Waals surface area contributed by atoms with Gasteiger partial charge in [-0.3, -0.25) is 0 Å². The van der Waals surface area contributed by atoms with Gasteiger partial charge in [0, 0.05) is 51.9 Å². The van der Waals surface area contributed by atoms with Crippen LogP contribution in [0.15, 0.2) is 48.8 Å². The highest BCUT2D eigenvalue weighted by Crippen LogP contribution is 2.34. The number of aromatic nitrogens is 3. The van der Waals surface area contributed by atoms with Crippen LogP contribution in [0.3, 0.4) is 0 Å². The first-order valence-corrected chi connectivity index (χ1v) is 13.4. The number of nitrogens with zero attached hydrogens (tertiary/aromatic N) is 3. The molecule has 1 N–H and O–H groups in total. The van der Waals surface area contributed by atoms with E-state index in [1.54, 1.807) is 12.4 Å². The van der Waals surface area contributed by atoms with Crippen LogP contribution in [0.1, 0.15) is 5.56 Å². The highest BCUT2D eigenvalue weighted by atomic mass is 28.3. The molecule has 30 heavy (non-hydrogen) atoms. The average molecular weight is 426 g/mol. The molecule has 0 aliphatic carbocycles. The molecule has 1 aliphatic heterocycles. The van der Waals surface area contributed by atoms with E-state index < -0.39 is 8.80 Å². The maximum absolute atomic E-state index is 9.27. The number of hydrogen-bond donors (Lipinski definition) is 1. The highest BCUT2D eigenvalue weighted by Gasteiger charge is 2.22. The van der Waals surface area contributed by atoms with Crippen LogP contribution in [0.5, 0.6) is 17.4 Å². The first kappa shape index (κ1) is 20.6. The summed E-state index contributed by atoms with van der Waals surface area (Å²) in [7, 11) is -0.596. The maximum Gasteiger partial charge on any atom is 0.219 e. The van der Waals surface area contributed by atoms with Crippen molar-refractivity contribution in [3.63, 3.8) is 0 Å². The van der Waals surface area contributed by atoms with Gasteiger partial charge in [-0.2, -0.15) is 5.10 Å². The predicted octanol–water partition coefficient (Wildman–Crippen LogP) is 3.49. The molecule has 0 saturated carbocycles. The predicted molar refractivity (Wildman–Crippen MR) is 117 cm³/mol. The fourth-order valence-electron chi connectivity index (χ4n) is 3.31. The third-order valence-electron chi connectivity index (χ3n) is 5.01. The Hall–Kier alpha value is -2.68. The maximum atomic E-state index is 9.27. The summed E-state index contributed by atoms with van der Waals surface area (Å²) in [5, 5.41) is 13.6. The minimum absolute atomic E-state index is 0.00889. The van der Waals surface area contributed by atoms with Crippen LogP contribution in [-0.2, 0) is 17.9 Å². The van der Waals surface area contributed by atoms with Gasteiger partial charge >= 0.3 is 0 Å². The molecule has 3 aromatic rings. The molecule has 0 radical (unpaired) electrons. The summed E-state index contributed by atoms with van der Waals surface area (Å²) in [6.45, 7) is 5.86. The van der Waals surface area contributed by atoms with Crippen LogP contribution in [-0.4, -0.2) is 48.0 Å². The lowest BCUT2D eigenvalue weighted by atomic mass is 10.1. The number of aliphatic hydroxyl groups is 1. The Labute approximate surface area is 177 Å². The first-order valence-electron chi connectivity index (χ1n) is 10.3. The number of fused-ring (bicyclic) bond motifs is 1. The van der Waals surface area contributed by atoms with Crippen molar-refractivity contribution in [1.82, 2.24) is 14.8 Å². The lowest BCUT2D eigenvalue weighted by Gasteiger charge is -2.10. The van der Waals surface area contributed by atoms with Crippen molar-refractivity contribution in [2.45, 2.75) is 38.4 Å². The normalized spacial score (nSPS) is 15.3. The molecular formula is C22H27N3O4Si. The average Bonchev–Trinajstić information content (AvgIpc) is 3.38. The van der Waals surface area contributed by atoms with Crippen LogP contribution < -0.4 is 9.47 Å². The summed E-state index contributed by atoms with van der Waals surface area (Å²) >= 11 is 0. The first-order chi connectivity index (χ1) is 14.6. The van der Waals surface area contributed by atoms with Gasteiger partial charge in [-0.1, -0.05) is 19.2 Å². The molecule has 4 rings (SSSR count). The van der Waals surface area contributed by atoms with Gasteiger partial charge in [0.1, 0.15) is 24.3 Å². The molecular weight excluding hydrogens is 398 g/mol. The monoisotopic (exact) mass is 425 g/mol. The highest BCUT2D eigenvalue weighted by molar-refractivity contribution is 6.55. The zero-order chi connectivity index (χ0) is 20.9. The van der Waals surface area contributed by atoms with Gasteiger partial charge < -0.3 is 19.3 Å². The lowest BCUT2D eigenvalue weighted by Crippen LogP contribution is -2.17. The van der Waals surface area contributed by atoms with E-state index in [-0.39, 0.29) is 12.7 Å². The summed E-state index contributed by atoms with van der Waals surface area (Å²) in [6, 6.07) is 12.6. The molecule has 1 atom stereocenters. The molecule has 1 aliphatic rings. The van der Waals surface area contributed by atoms with Crippen molar-refractivity contribution in [3.8, 4) is 28.6 Å². The molecule has 0 saturated heterocycles. The van der Waals surface area contributed by atoms with Crippen molar-refractivity contribution in [2.24, 2.45) is 0 Å². The summed E-state index contributed by atoms with van der Waals surface area (Å²) in [5.41, 5.74) is 2.98. The van der Waals surface area contributed by atoms with E-state index in [9.17, 15) is 5.11 Å². The molecule has 2 aromatic heterocycles. The molecule has 1 unspecified atom stereocenters. The largest absolute Gasteiger partial charge is 0.487 e. The van der Waals surface area contributed by atoms with Crippen molar-refractivity contribution in [1.29, 1.82) is 0 Å². The smallest absolute Gasteiger partial charge is 0.219 e. The second-order valence-electron chi connectivity index (χ2n) is 7.82. The Morgan fingerprint density at radius 1 is 1.23 bits per heavy atom. The summed E-state index contributed by atoms with van der Waals surface area (Å²) in [6.07, 6.45) is 4.09. The SMILES string of the molecule is C[SiH](C)CCOCn1nccc1-c1ccc(Oc2ccc3c(c2)OC(CO)C3)nc1. The van der Waals surface area contributed by atoms with Crippen LogP contribution in [0, 0.1) is 0 Å². The van der Waals surface area contributed by atoms with Gasteiger partial charge in [-0.15, -0.1) is 0 Å². The molecule has 158 valence electrons. The lowest BCUT2D eigenvalue weighted by molar-refractivity contribution is 0.0801.